The minimum atomic E-state index is 0.0866. The van der Waals surface area contributed by atoms with E-state index in [0.29, 0.717) is 12.3 Å². The monoisotopic (exact) mass is 260 g/mol. The summed E-state index contributed by atoms with van der Waals surface area (Å²) in [7, 11) is 0. The van der Waals surface area contributed by atoms with Crippen LogP contribution in [0.4, 0.5) is 5.95 Å². The second-order valence-corrected chi connectivity index (χ2v) is 4.67. The maximum atomic E-state index is 8.87. The van der Waals surface area contributed by atoms with Gasteiger partial charge < -0.3 is 14.5 Å². The fraction of sp³-hybridized carbons (Fsp3) is 0.462. The van der Waals surface area contributed by atoms with E-state index in [9.17, 15) is 0 Å². The van der Waals surface area contributed by atoms with Crippen molar-refractivity contribution in [2.45, 2.75) is 18.8 Å². The van der Waals surface area contributed by atoms with Gasteiger partial charge in [0.05, 0.1) is 12.3 Å². The Hall–Kier alpha value is -1.95. The van der Waals surface area contributed by atoms with Gasteiger partial charge in [-0.05, 0) is 12.5 Å². The highest BCUT2D eigenvalue weighted by Gasteiger charge is 2.27. The number of aromatic nitrogens is 3. The number of hydrogen-bond acceptors (Lipinski definition) is 6. The van der Waals surface area contributed by atoms with Crippen LogP contribution < -0.4 is 4.90 Å². The smallest absolute Gasteiger partial charge is 0.225 e. The van der Waals surface area contributed by atoms with E-state index in [4.69, 9.17) is 9.63 Å². The van der Waals surface area contributed by atoms with E-state index in [2.05, 4.69) is 20.0 Å². The average Bonchev–Trinajstić information content (AvgIpc) is 3.08. The number of rotatable bonds is 4. The number of hydrogen-bond donors (Lipinski definition) is 1. The van der Waals surface area contributed by atoms with Crippen LogP contribution in [0.5, 0.6) is 0 Å². The van der Waals surface area contributed by atoms with E-state index < -0.39 is 0 Å². The molecule has 19 heavy (non-hydrogen) atoms. The predicted molar refractivity (Wildman–Crippen MR) is 68.9 cm³/mol. The van der Waals surface area contributed by atoms with Gasteiger partial charge >= 0.3 is 0 Å². The Bertz CT molecular complexity index is 528. The summed E-state index contributed by atoms with van der Waals surface area (Å²) in [5, 5.41) is 13.0. The molecule has 0 radical (unpaired) electrons. The zero-order valence-electron chi connectivity index (χ0n) is 10.6. The molecule has 1 unspecified atom stereocenters. The molecular weight excluding hydrogens is 244 g/mol. The van der Waals surface area contributed by atoms with Crippen molar-refractivity contribution in [1.29, 1.82) is 0 Å². The molecule has 2 aromatic rings. The van der Waals surface area contributed by atoms with Crippen LogP contribution in [0.3, 0.4) is 0 Å². The molecule has 1 aliphatic heterocycles. The van der Waals surface area contributed by atoms with Crippen LogP contribution in [-0.4, -0.2) is 39.9 Å². The number of anilines is 1. The van der Waals surface area contributed by atoms with Gasteiger partial charge in [0.1, 0.15) is 5.76 Å². The Morgan fingerprint density at radius 3 is 3.00 bits per heavy atom. The van der Waals surface area contributed by atoms with Crippen molar-refractivity contribution in [3.05, 3.63) is 36.0 Å². The summed E-state index contributed by atoms with van der Waals surface area (Å²) >= 11 is 0. The third-order valence-corrected chi connectivity index (χ3v) is 3.38. The SMILES string of the molecule is OCCc1cc(C2CCN(c3ncccn3)C2)no1. The molecule has 0 amide bonds. The summed E-state index contributed by atoms with van der Waals surface area (Å²) in [5.74, 6) is 1.86. The van der Waals surface area contributed by atoms with E-state index in [0.717, 1.165) is 36.9 Å². The minimum Gasteiger partial charge on any atom is -0.396 e. The topological polar surface area (TPSA) is 75.3 Å². The first-order valence-electron chi connectivity index (χ1n) is 6.45. The standard InChI is InChI=1S/C13H16N4O2/c18-7-3-11-8-12(16-19-11)10-2-6-17(9-10)13-14-4-1-5-15-13/h1,4-5,8,10,18H,2-3,6-7,9H2. The molecule has 1 saturated heterocycles. The molecule has 3 heterocycles. The van der Waals surface area contributed by atoms with E-state index in [1.165, 1.54) is 0 Å². The number of aliphatic hydroxyl groups is 1. The molecule has 1 fully saturated rings. The molecule has 0 saturated carbocycles. The molecule has 6 heteroatoms. The molecule has 0 aliphatic carbocycles. The maximum absolute atomic E-state index is 8.87. The summed E-state index contributed by atoms with van der Waals surface area (Å²) in [6.45, 7) is 1.87. The number of nitrogens with zero attached hydrogens (tertiary/aromatic N) is 4. The summed E-state index contributed by atoms with van der Waals surface area (Å²) < 4.78 is 5.20. The van der Waals surface area contributed by atoms with Crippen molar-refractivity contribution in [3.8, 4) is 0 Å². The Morgan fingerprint density at radius 2 is 2.21 bits per heavy atom. The van der Waals surface area contributed by atoms with Crippen LogP contribution in [0.2, 0.25) is 0 Å². The van der Waals surface area contributed by atoms with Gasteiger partial charge in [-0.3, -0.25) is 0 Å². The van der Waals surface area contributed by atoms with Gasteiger partial charge in [-0.25, -0.2) is 9.97 Å². The summed E-state index contributed by atoms with van der Waals surface area (Å²) in [6.07, 6.45) is 5.05. The summed E-state index contributed by atoms with van der Waals surface area (Å²) in [6, 6.07) is 3.76. The Kier molecular flexibility index (Phi) is 3.41. The van der Waals surface area contributed by atoms with E-state index in [-0.39, 0.29) is 6.61 Å². The van der Waals surface area contributed by atoms with Crippen LogP contribution in [0.25, 0.3) is 0 Å². The van der Waals surface area contributed by atoms with Crippen molar-refractivity contribution >= 4 is 5.95 Å². The molecule has 1 atom stereocenters. The van der Waals surface area contributed by atoms with E-state index in [1.807, 2.05) is 12.1 Å². The normalized spacial score (nSPS) is 19.0. The quantitative estimate of drug-likeness (QED) is 0.883. The minimum absolute atomic E-state index is 0.0866. The van der Waals surface area contributed by atoms with Crippen LogP contribution in [0, 0.1) is 0 Å². The highest BCUT2D eigenvalue weighted by molar-refractivity contribution is 5.33. The van der Waals surface area contributed by atoms with Gasteiger partial charge in [0.2, 0.25) is 5.95 Å². The van der Waals surface area contributed by atoms with Crippen molar-refractivity contribution in [2.24, 2.45) is 0 Å². The van der Waals surface area contributed by atoms with Crippen LogP contribution in [0.15, 0.2) is 29.0 Å². The zero-order chi connectivity index (χ0) is 13.1. The lowest BCUT2D eigenvalue weighted by Crippen LogP contribution is -2.21. The lowest BCUT2D eigenvalue weighted by atomic mass is 10.0. The van der Waals surface area contributed by atoms with Crippen molar-refractivity contribution in [1.82, 2.24) is 15.1 Å². The van der Waals surface area contributed by atoms with Gasteiger partial charge in [-0.15, -0.1) is 0 Å². The highest BCUT2D eigenvalue weighted by atomic mass is 16.5. The molecular formula is C13H16N4O2. The molecule has 3 rings (SSSR count). The van der Waals surface area contributed by atoms with Crippen LogP contribution in [-0.2, 0) is 6.42 Å². The molecule has 0 bridgehead atoms. The third kappa shape index (κ3) is 2.58. The molecule has 2 aromatic heterocycles. The average molecular weight is 260 g/mol. The summed E-state index contributed by atoms with van der Waals surface area (Å²) in [5.41, 5.74) is 0.960. The first-order valence-corrected chi connectivity index (χ1v) is 6.45. The Balaban J connectivity index is 1.68. The molecule has 6 nitrogen and oxygen atoms in total. The highest BCUT2D eigenvalue weighted by Crippen LogP contribution is 2.28. The largest absolute Gasteiger partial charge is 0.396 e. The second-order valence-electron chi connectivity index (χ2n) is 4.67. The first-order chi connectivity index (χ1) is 9.36. The van der Waals surface area contributed by atoms with Gasteiger partial charge in [0.15, 0.2) is 0 Å². The number of aliphatic hydroxyl groups excluding tert-OH is 1. The second kappa shape index (κ2) is 5.36. The third-order valence-electron chi connectivity index (χ3n) is 3.38. The molecule has 0 spiro atoms. The van der Waals surface area contributed by atoms with Crippen molar-refractivity contribution in [2.75, 3.05) is 24.6 Å². The molecule has 1 N–H and O–H groups in total. The van der Waals surface area contributed by atoms with Crippen molar-refractivity contribution < 1.29 is 9.63 Å². The fourth-order valence-electron chi connectivity index (χ4n) is 2.39. The van der Waals surface area contributed by atoms with Crippen molar-refractivity contribution in [3.63, 3.8) is 0 Å². The fourth-order valence-corrected chi connectivity index (χ4v) is 2.39. The zero-order valence-corrected chi connectivity index (χ0v) is 10.6. The molecule has 0 aromatic carbocycles. The van der Waals surface area contributed by atoms with Gasteiger partial charge in [-0.1, -0.05) is 5.16 Å². The lowest BCUT2D eigenvalue weighted by molar-refractivity contribution is 0.276. The van der Waals surface area contributed by atoms with Gasteiger partial charge in [-0.2, -0.15) is 0 Å². The Labute approximate surface area is 111 Å². The maximum Gasteiger partial charge on any atom is 0.225 e. The van der Waals surface area contributed by atoms with Gasteiger partial charge in [0, 0.05) is 43.9 Å². The van der Waals surface area contributed by atoms with Crippen LogP contribution >= 0.6 is 0 Å². The van der Waals surface area contributed by atoms with E-state index in [1.54, 1.807) is 12.4 Å². The Morgan fingerprint density at radius 1 is 1.37 bits per heavy atom. The first kappa shape index (κ1) is 12.1. The predicted octanol–water partition coefficient (Wildman–Crippen LogP) is 0.993. The molecule has 100 valence electrons. The lowest BCUT2D eigenvalue weighted by Gasteiger charge is -2.14. The van der Waals surface area contributed by atoms with Crippen LogP contribution in [0.1, 0.15) is 23.8 Å². The van der Waals surface area contributed by atoms with E-state index >= 15 is 0 Å². The molecule has 1 aliphatic rings. The summed E-state index contributed by atoms with van der Waals surface area (Å²) in [4.78, 5) is 10.7. The van der Waals surface area contributed by atoms with Gasteiger partial charge in [0.25, 0.3) is 0 Å².